The van der Waals surface area contributed by atoms with Crippen LogP contribution < -0.4 is 0 Å². The number of aromatic nitrogens is 2. The van der Waals surface area contributed by atoms with Gasteiger partial charge in [0.1, 0.15) is 6.10 Å². The van der Waals surface area contributed by atoms with Crippen molar-refractivity contribution in [1.29, 1.82) is 0 Å². The minimum atomic E-state index is -0.850. The van der Waals surface area contributed by atoms with Gasteiger partial charge < -0.3 is 24.7 Å². The van der Waals surface area contributed by atoms with Crippen molar-refractivity contribution < 1.29 is 117 Å². The van der Waals surface area contributed by atoms with Crippen LogP contribution in [0.2, 0.25) is 10.0 Å². The van der Waals surface area contributed by atoms with Gasteiger partial charge in [-0.2, -0.15) is 0 Å². The Kier molecular flexibility index (Phi) is 22.8. The van der Waals surface area contributed by atoms with E-state index in [4.69, 9.17) is 37.9 Å². The summed E-state index contributed by atoms with van der Waals surface area (Å²) in [4.78, 5) is 53.1. The van der Waals surface area contributed by atoms with Crippen LogP contribution in [0.25, 0.3) is 0 Å². The second kappa shape index (κ2) is 28.2. The van der Waals surface area contributed by atoms with E-state index >= 15 is 0 Å². The first-order valence-corrected chi connectivity index (χ1v) is 30.1. The molecule has 10 nitrogen and oxygen atoms in total. The van der Waals surface area contributed by atoms with E-state index in [9.17, 15) is 24.6 Å². The number of esters is 1. The molecule has 5 aromatic rings. The monoisotopic (exact) mass is 1700 g/mol. The Morgan fingerprint density at radius 3 is 1.65 bits per heavy atom. The van der Waals surface area contributed by atoms with Crippen LogP contribution in [0.4, 0.5) is 0 Å². The van der Waals surface area contributed by atoms with Gasteiger partial charge in [-0.25, -0.2) is 4.79 Å². The van der Waals surface area contributed by atoms with Gasteiger partial charge in [-0.15, -0.1) is 0 Å². The second-order valence-corrected chi connectivity index (χ2v) is 25.4. The fourth-order valence-electron chi connectivity index (χ4n) is 13.2. The number of piperidine rings is 2. The number of aryl methyl sites for hydroxylation is 4. The quantitative estimate of drug-likeness (QED) is 0.161. The number of pyridine rings is 2. The van der Waals surface area contributed by atoms with E-state index in [0.717, 1.165) is 106 Å². The maximum atomic E-state index is 13.5. The smallest absolute Gasteiger partial charge is 0.338 e. The number of aliphatic hydroxyl groups excluding tert-OH is 2. The van der Waals surface area contributed by atoms with Crippen molar-refractivity contribution >= 4 is 88.8 Å². The zero-order valence-electron chi connectivity index (χ0n) is 43.4. The Morgan fingerprint density at radius 2 is 1.10 bits per heavy atom. The number of amides is 2. The molecule has 3 aromatic carbocycles. The molecule has 77 heavy (non-hydrogen) atoms. The number of halogens is 5. The Bertz CT molecular complexity index is 2910. The number of carbonyl (C=O) groups is 3. The summed E-state index contributed by atoms with van der Waals surface area (Å²) in [6.07, 6.45) is 13.2. The Hall–Kier alpha value is -0.807. The number of fused-ring (bicyclic) bond motifs is 4. The predicted molar refractivity (Wildman–Crippen MR) is 303 cm³/mol. The van der Waals surface area contributed by atoms with E-state index < -0.39 is 18.2 Å². The van der Waals surface area contributed by atoms with E-state index in [2.05, 4.69) is 79.0 Å². The van der Waals surface area contributed by atoms with Crippen LogP contribution in [0.5, 0.6) is 0 Å². The average molecular weight is 1700 g/mol. The maximum absolute atomic E-state index is 13.5. The largest absolute Gasteiger partial charge is 0.456 e. The first-order valence-electron chi connectivity index (χ1n) is 26.9. The van der Waals surface area contributed by atoms with E-state index in [0.29, 0.717) is 62.1 Å². The number of nitrogens with zero attached hydrogens (tertiary/aromatic N) is 4. The number of ether oxygens (including phenoxy) is 1. The van der Waals surface area contributed by atoms with Crippen molar-refractivity contribution in [3.8, 4) is 0 Å². The van der Waals surface area contributed by atoms with Gasteiger partial charge >= 0.3 is 5.97 Å². The molecule has 2 amide bonds. The fourth-order valence-corrected chi connectivity index (χ4v) is 15.9. The van der Waals surface area contributed by atoms with Gasteiger partial charge in [-0.3, -0.25) is 19.6 Å². The third-order valence-electron chi connectivity index (χ3n) is 17.3. The molecule has 2 saturated heterocycles. The summed E-state index contributed by atoms with van der Waals surface area (Å²) in [5.74, 6) is 0.984. The number of likely N-dealkylation sites (tertiary alicyclic amines) is 2. The number of hydrogen-bond donors (Lipinski definition) is 2. The minimum absolute atomic E-state index is 0. The van der Waals surface area contributed by atoms with Crippen LogP contribution in [0, 0.1) is 118 Å². The number of rotatable bonds is 6. The number of carbonyl (C=O) groups excluding carboxylic acids is 3. The molecule has 8 atom stereocenters. The summed E-state index contributed by atoms with van der Waals surface area (Å²) in [5, 5.41) is 22.6. The Balaban J connectivity index is 0.000000202. The summed E-state index contributed by atoms with van der Waals surface area (Å²) in [6.45, 7) is 4.99. The van der Waals surface area contributed by atoms with Gasteiger partial charge in [-0.1, -0.05) is 86.3 Å². The topological polar surface area (TPSA) is 133 Å². The molecular weight excluding hydrogens is 1640 g/mol. The zero-order valence-corrected chi connectivity index (χ0v) is 59.2. The second-order valence-electron chi connectivity index (χ2n) is 21.9. The van der Waals surface area contributed by atoms with Gasteiger partial charge in [0, 0.05) is 174 Å². The van der Waals surface area contributed by atoms with Crippen molar-refractivity contribution in [1.82, 2.24) is 19.8 Å². The van der Waals surface area contributed by atoms with Gasteiger partial charge in [0.15, 0.2) is 0 Å². The van der Waals surface area contributed by atoms with Gasteiger partial charge in [0.05, 0.1) is 29.2 Å². The summed E-state index contributed by atoms with van der Waals surface area (Å²) in [6, 6.07) is 23.4. The third kappa shape index (κ3) is 14.4. The number of benzene rings is 3. The molecule has 6 aliphatic rings. The summed E-state index contributed by atoms with van der Waals surface area (Å²) < 4.78 is 8.69. The van der Waals surface area contributed by atoms with Gasteiger partial charge in [-0.05, 0) is 205 Å². The molecule has 2 saturated carbocycles. The van der Waals surface area contributed by atoms with Crippen molar-refractivity contribution in [2.45, 2.75) is 127 Å². The van der Waals surface area contributed by atoms with Crippen molar-refractivity contribution in [2.24, 2.45) is 29.6 Å². The van der Waals surface area contributed by atoms with Gasteiger partial charge in [0.25, 0.3) is 0 Å². The molecular formula is C60H65Ac2Br3Cl2N4O6. The molecule has 6 unspecified atom stereocenters. The molecule has 2 aliphatic heterocycles. The molecule has 4 heterocycles. The van der Waals surface area contributed by atoms with Crippen molar-refractivity contribution in [3.05, 3.63) is 159 Å². The van der Waals surface area contributed by atoms with E-state index in [-0.39, 0.29) is 130 Å². The molecule has 2 N–H and O–H groups in total. The summed E-state index contributed by atoms with van der Waals surface area (Å²) in [5.41, 5.74) is 10.5. The SMILES string of the molecule is CC1CCC(C(=O)N2CCC([C@H]3c4ncc(Br)cc4CCc4cc(Cl)cc(Br)c43)CC2)CC1O.O=C(OC1CCC(C(=O)N2CCC([C@H]3c4ncccc4CCc4cc(Cl)cc(Br)c43)CC2)CC1O)c1ccccc1.[Ac].[Ac]. The van der Waals surface area contributed by atoms with Crippen LogP contribution >= 0.6 is 71.0 Å². The van der Waals surface area contributed by atoms with Crippen LogP contribution in [0.15, 0.2) is 98.6 Å². The maximum Gasteiger partial charge on any atom is 0.338 e. The molecule has 4 aliphatic carbocycles. The number of aliphatic hydroxyl groups is 2. The van der Waals surface area contributed by atoms with E-state index in [1.54, 1.807) is 24.3 Å². The average Bonchev–Trinajstić information content (AvgIpc) is 3.68. The number of hydrogen-bond acceptors (Lipinski definition) is 8. The van der Waals surface area contributed by atoms with Crippen molar-refractivity contribution in [3.63, 3.8) is 0 Å². The van der Waals surface area contributed by atoms with E-state index in [1.807, 2.05) is 46.5 Å². The molecule has 402 valence electrons. The fraction of sp³-hybridized carbons (Fsp3) is 0.483. The molecule has 2 radical (unpaired) electrons. The normalized spacial score (nSPS) is 25.3. The van der Waals surface area contributed by atoms with Crippen LogP contribution in [-0.4, -0.2) is 92.3 Å². The Morgan fingerprint density at radius 1 is 0.597 bits per heavy atom. The molecule has 2 aromatic heterocycles. The summed E-state index contributed by atoms with van der Waals surface area (Å²) >= 11 is 24.1. The first-order chi connectivity index (χ1) is 36.2. The minimum Gasteiger partial charge on any atom is -0.456 e. The molecule has 11 rings (SSSR count). The van der Waals surface area contributed by atoms with Crippen LogP contribution in [0.1, 0.15) is 138 Å². The first kappa shape index (κ1) is 62.2. The van der Waals surface area contributed by atoms with E-state index in [1.165, 1.54) is 39.1 Å². The molecule has 17 heteroatoms. The zero-order chi connectivity index (χ0) is 52.5. The molecule has 0 spiro atoms. The molecule has 0 bridgehead atoms. The Labute approximate surface area is 560 Å². The van der Waals surface area contributed by atoms with Crippen LogP contribution in [0.3, 0.4) is 0 Å². The van der Waals surface area contributed by atoms with Crippen molar-refractivity contribution in [2.75, 3.05) is 26.2 Å². The predicted octanol–water partition coefficient (Wildman–Crippen LogP) is 12.9. The van der Waals surface area contributed by atoms with Gasteiger partial charge in [0.2, 0.25) is 11.8 Å². The van der Waals surface area contributed by atoms with Crippen LogP contribution in [-0.2, 0) is 40.0 Å². The summed E-state index contributed by atoms with van der Waals surface area (Å²) in [7, 11) is 0. The standard InChI is InChI=1S/C33H34BrClN2O4.C27H31Br2ClN2O2.2Ac/c34-26-19-25(35)17-23-9-8-21-7-4-14-36-31(21)30(29(23)26)20-12-15-37(16-13-20)32(39)24-10-11-28(27(38)18-24)41-33(40)22-5-2-1-3-6-22;1-15-2-3-19(12-23(15)33)27(34)32-8-6-16(7-9-32)25-24-17(11-21(30)13-22(24)29)4-5-18-10-20(28)14-31-26(18)25;;/h1-7,14,17,19-20,24,27-28,30,38H,8-13,15-16,18H2;10-11,13-16,19,23,25,33H,2-9,12H2,1H3;;/t24?,27?,28?,30-;15?,19?,23?,25-;;/m11../s1. The third-order valence-corrected chi connectivity index (χ3v) is 19.5. The molecule has 4 fully saturated rings.